The summed E-state index contributed by atoms with van der Waals surface area (Å²) in [6.07, 6.45) is 4.46. The molecule has 0 atom stereocenters. The van der Waals surface area contributed by atoms with Crippen molar-refractivity contribution in [3.8, 4) is 0 Å². The number of carbonyl (C=O) groups excluding carboxylic acids is 1. The average Bonchev–Trinajstić information content (AvgIpc) is 2.66. The number of piperidine rings is 1. The second-order valence-corrected chi connectivity index (χ2v) is 7.48. The molecule has 7 heteroatoms. The molecule has 0 bridgehead atoms. The Balaban J connectivity index is 0.00000392. The van der Waals surface area contributed by atoms with Gasteiger partial charge in [-0.05, 0) is 50.9 Å². The van der Waals surface area contributed by atoms with Crippen LogP contribution in [0, 0.1) is 0 Å². The zero-order valence-corrected chi connectivity index (χ0v) is 19.8. The number of likely N-dealkylation sites (tertiary alicyclic amines) is 1. The molecule has 1 fully saturated rings. The number of amides is 1. The molecule has 1 aromatic carbocycles. The molecule has 28 heavy (non-hydrogen) atoms. The Bertz CT molecular complexity index is 597. The molecule has 0 aromatic heterocycles. The quantitative estimate of drug-likeness (QED) is 0.291. The van der Waals surface area contributed by atoms with E-state index < -0.39 is 0 Å². The molecule has 3 N–H and O–H groups in total. The van der Waals surface area contributed by atoms with E-state index in [2.05, 4.69) is 50.1 Å². The fraction of sp³-hybridized carbons (Fsp3) is 0.619. The van der Waals surface area contributed by atoms with Gasteiger partial charge < -0.3 is 16.0 Å². The summed E-state index contributed by atoms with van der Waals surface area (Å²) in [5.41, 5.74) is 2.59. The first-order valence-electron chi connectivity index (χ1n) is 10.1. The minimum absolute atomic E-state index is 0. The van der Waals surface area contributed by atoms with Crippen LogP contribution in [0.25, 0.3) is 0 Å². The van der Waals surface area contributed by atoms with Gasteiger partial charge in [-0.1, -0.05) is 30.7 Å². The van der Waals surface area contributed by atoms with E-state index in [0.29, 0.717) is 25.5 Å². The molecule has 158 valence electrons. The predicted octanol–water partition coefficient (Wildman–Crippen LogP) is 2.87. The second-order valence-electron chi connectivity index (χ2n) is 7.48. The number of nitrogens with one attached hydrogen (secondary N) is 3. The van der Waals surface area contributed by atoms with Gasteiger partial charge >= 0.3 is 0 Å². The summed E-state index contributed by atoms with van der Waals surface area (Å²) >= 11 is 0. The minimum atomic E-state index is 0. The van der Waals surface area contributed by atoms with E-state index in [4.69, 9.17) is 0 Å². The van der Waals surface area contributed by atoms with Crippen molar-refractivity contribution >= 4 is 35.8 Å². The van der Waals surface area contributed by atoms with Crippen molar-refractivity contribution in [3.63, 3.8) is 0 Å². The van der Waals surface area contributed by atoms with E-state index in [-0.39, 0.29) is 35.9 Å². The van der Waals surface area contributed by atoms with Crippen LogP contribution in [-0.4, -0.2) is 49.5 Å². The summed E-state index contributed by atoms with van der Waals surface area (Å²) in [6.45, 7) is 8.69. The summed E-state index contributed by atoms with van der Waals surface area (Å²) in [4.78, 5) is 18.4. The molecule has 0 spiro atoms. The molecule has 0 aliphatic carbocycles. The molecule has 1 amide bonds. The highest BCUT2D eigenvalue weighted by atomic mass is 127. The Morgan fingerprint density at radius 2 is 1.71 bits per heavy atom. The Morgan fingerprint density at radius 1 is 1.07 bits per heavy atom. The maximum Gasteiger partial charge on any atom is 0.221 e. The second kappa shape index (κ2) is 13.8. The number of hydrogen-bond donors (Lipinski definition) is 3. The van der Waals surface area contributed by atoms with Crippen LogP contribution >= 0.6 is 24.0 Å². The summed E-state index contributed by atoms with van der Waals surface area (Å²) in [7, 11) is 1.74. The summed E-state index contributed by atoms with van der Waals surface area (Å²) in [6, 6.07) is 8.97. The van der Waals surface area contributed by atoms with Crippen molar-refractivity contribution in [1.29, 1.82) is 0 Å². The summed E-state index contributed by atoms with van der Waals surface area (Å²) in [5.74, 6) is 0.766. The van der Waals surface area contributed by atoms with Crippen LogP contribution in [0.4, 0.5) is 0 Å². The Kier molecular flexibility index (Phi) is 12.1. The maximum atomic E-state index is 11.7. The Morgan fingerprint density at radius 3 is 2.32 bits per heavy atom. The van der Waals surface area contributed by atoms with Crippen molar-refractivity contribution in [3.05, 3.63) is 35.4 Å². The van der Waals surface area contributed by atoms with E-state index in [1.807, 2.05) is 13.8 Å². The van der Waals surface area contributed by atoms with Crippen LogP contribution in [0.15, 0.2) is 29.3 Å². The first kappa shape index (κ1) is 24.7. The van der Waals surface area contributed by atoms with Crippen LogP contribution in [-0.2, 0) is 17.9 Å². The van der Waals surface area contributed by atoms with E-state index in [1.54, 1.807) is 7.05 Å². The van der Waals surface area contributed by atoms with Gasteiger partial charge in [0, 0.05) is 39.1 Å². The zero-order valence-electron chi connectivity index (χ0n) is 17.5. The number of carbonyl (C=O) groups is 1. The summed E-state index contributed by atoms with van der Waals surface area (Å²) < 4.78 is 0. The Labute approximate surface area is 187 Å². The lowest BCUT2D eigenvalue weighted by Crippen LogP contribution is -2.39. The van der Waals surface area contributed by atoms with E-state index >= 15 is 0 Å². The average molecular weight is 501 g/mol. The number of nitrogens with zero attached hydrogens (tertiary/aromatic N) is 2. The van der Waals surface area contributed by atoms with Gasteiger partial charge in [0.25, 0.3) is 0 Å². The molecule has 1 aliphatic heterocycles. The molecule has 0 saturated carbocycles. The predicted molar refractivity (Wildman–Crippen MR) is 127 cm³/mol. The van der Waals surface area contributed by atoms with Gasteiger partial charge in [0.05, 0.1) is 0 Å². The van der Waals surface area contributed by atoms with E-state index in [1.165, 1.54) is 43.5 Å². The normalized spacial score (nSPS) is 15.1. The van der Waals surface area contributed by atoms with E-state index in [0.717, 1.165) is 6.54 Å². The lowest BCUT2D eigenvalue weighted by atomic mass is 10.1. The number of guanidine groups is 1. The Hall–Kier alpha value is -1.35. The lowest BCUT2D eigenvalue weighted by Gasteiger charge is -2.26. The fourth-order valence-electron chi connectivity index (χ4n) is 3.23. The molecule has 1 saturated heterocycles. The molecular weight excluding hydrogens is 465 g/mol. The molecular formula is C21H36IN5O. The van der Waals surface area contributed by atoms with Gasteiger partial charge in [-0.25, -0.2) is 0 Å². The van der Waals surface area contributed by atoms with Gasteiger partial charge in [-0.15, -0.1) is 24.0 Å². The topological polar surface area (TPSA) is 68.8 Å². The standard InChI is InChI=1S/C21H35N5O.HI/c1-17(2)25-20(27)11-12-23-21(22-3)24-15-18-7-9-19(10-8-18)16-26-13-5-4-6-14-26;/h7-10,17H,4-6,11-16H2,1-3H3,(H,25,27)(H2,22,23,24);1H. The van der Waals surface area contributed by atoms with Crippen molar-refractivity contribution < 1.29 is 4.79 Å². The van der Waals surface area contributed by atoms with Gasteiger partial charge in [0.2, 0.25) is 5.91 Å². The lowest BCUT2D eigenvalue weighted by molar-refractivity contribution is -0.121. The monoisotopic (exact) mass is 501 g/mol. The number of rotatable bonds is 8. The SMILES string of the molecule is CN=C(NCCC(=O)NC(C)C)NCc1ccc(CN2CCCCC2)cc1.I. The van der Waals surface area contributed by atoms with Gasteiger partial charge in [0.15, 0.2) is 5.96 Å². The largest absolute Gasteiger partial charge is 0.356 e. The summed E-state index contributed by atoms with van der Waals surface area (Å²) in [5, 5.41) is 9.36. The molecule has 1 heterocycles. The van der Waals surface area contributed by atoms with Crippen LogP contribution in [0.5, 0.6) is 0 Å². The molecule has 0 unspecified atom stereocenters. The molecule has 0 radical (unpaired) electrons. The van der Waals surface area contributed by atoms with Gasteiger partial charge in [0.1, 0.15) is 0 Å². The maximum absolute atomic E-state index is 11.7. The smallest absolute Gasteiger partial charge is 0.221 e. The minimum Gasteiger partial charge on any atom is -0.356 e. The third-order valence-electron chi connectivity index (χ3n) is 4.66. The van der Waals surface area contributed by atoms with Crippen molar-refractivity contribution in [2.45, 2.75) is 58.7 Å². The molecule has 2 rings (SSSR count). The van der Waals surface area contributed by atoms with Crippen molar-refractivity contribution in [2.24, 2.45) is 4.99 Å². The number of halogens is 1. The van der Waals surface area contributed by atoms with Crippen LogP contribution in [0.2, 0.25) is 0 Å². The van der Waals surface area contributed by atoms with Crippen LogP contribution in [0.1, 0.15) is 50.7 Å². The third-order valence-corrected chi connectivity index (χ3v) is 4.66. The number of benzene rings is 1. The third kappa shape index (κ3) is 9.73. The molecule has 1 aromatic rings. The van der Waals surface area contributed by atoms with Crippen molar-refractivity contribution in [2.75, 3.05) is 26.7 Å². The van der Waals surface area contributed by atoms with Gasteiger partial charge in [-0.2, -0.15) is 0 Å². The van der Waals surface area contributed by atoms with Crippen LogP contribution < -0.4 is 16.0 Å². The molecule has 6 nitrogen and oxygen atoms in total. The first-order chi connectivity index (χ1) is 13.1. The highest BCUT2D eigenvalue weighted by Crippen LogP contribution is 2.13. The van der Waals surface area contributed by atoms with E-state index in [9.17, 15) is 4.79 Å². The highest BCUT2D eigenvalue weighted by Gasteiger charge is 2.10. The highest BCUT2D eigenvalue weighted by molar-refractivity contribution is 14.0. The number of aliphatic imine (C=N–C) groups is 1. The first-order valence-corrected chi connectivity index (χ1v) is 10.1. The van der Waals surface area contributed by atoms with Crippen LogP contribution in [0.3, 0.4) is 0 Å². The fourth-order valence-corrected chi connectivity index (χ4v) is 3.23. The van der Waals surface area contributed by atoms with Gasteiger partial charge in [-0.3, -0.25) is 14.7 Å². The van der Waals surface area contributed by atoms with Crippen molar-refractivity contribution in [1.82, 2.24) is 20.9 Å². The number of hydrogen-bond acceptors (Lipinski definition) is 3. The molecule has 1 aliphatic rings. The zero-order chi connectivity index (χ0) is 19.5.